The summed E-state index contributed by atoms with van der Waals surface area (Å²) in [4.78, 5) is 32.5. The summed E-state index contributed by atoms with van der Waals surface area (Å²) >= 11 is 0. The lowest BCUT2D eigenvalue weighted by atomic mass is 9.84. The third-order valence-electron chi connectivity index (χ3n) is 6.37. The lowest BCUT2D eigenvalue weighted by molar-refractivity contribution is -0.142. The molecule has 160 valence electrons. The molecule has 1 aromatic carbocycles. The van der Waals surface area contributed by atoms with Crippen molar-refractivity contribution in [3.05, 3.63) is 56.9 Å². The van der Waals surface area contributed by atoms with Gasteiger partial charge in [0.25, 0.3) is 11.5 Å². The Bertz CT molecular complexity index is 1330. The third kappa shape index (κ3) is 2.72. The Morgan fingerprint density at radius 2 is 2.03 bits per heavy atom. The highest BCUT2D eigenvalue weighted by Gasteiger charge is 2.43. The highest BCUT2D eigenvalue weighted by molar-refractivity contribution is 5.90. The molecule has 3 aromatic rings. The summed E-state index contributed by atoms with van der Waals surface area (Å²) in [6, 6.07) is 7.12. The lowest BCUT2D eigenvalue weighted by Gasteiger charge is -2.32. The number of rotatable bonds is 3. The van der Waals surface area contributed by atoms with Gasteiger partial charge in [-0.3, -0.25) is 9.59 Å². The van der Waals surface area contributed by atoms with Crippen LogP contribution in [0.25, 0.3) is 22.3 Å². The maximum Gasteiger partial charge on any atom is 0.256 e. The Labute approximate surface area is 178 Å². The molecule has 8 heteroatoms. The molecular formula is C23H24N4O4. The molecule has 8 nitrogen and oxygen atoms in total. The Morgan fingerprint density at radius 3 is 2.74 bits per heavy atom. The number of nitrogens with zero attached hydrogens (tertiary/aromatic N) is 3. The van der Waals surface area contributed by atoms with Gasteiger partial charge in [0.15, 0.2) is 5.60 Å². The van der Waals surface area contributed by atoms with Gasteiger partial charge in [-0.25, -0.2) is 4.98 Å². The van der Waals surface area contributed by atoms with E-state index in [9.17, 15) is 19.8 Å². The zero-order valence-electron chi connectivity index (χ0n) is 17.7. The summed E-state index contributed by atoms with van der Waals surface area (Å²) in [6.07, 6.45) is 0.167. The van der Waals surface area contributed by atoms with Gasteiger partial charge < -0.3 is 25.0 Å². The summed E-state index contributed by atoms with van der Waals surface area (Å²) in [7, 11) is 3.87. The molecular weight excluding hydrogens is 396 g/mol. The van der Waals surface area contributed by atoms with E-state index in [4.69, 9.17) is 4.98 Å². The van der Waals surface area contributed by atoms with E-state index in [1.165, 1.54) is 0 Å². The normalized spacial score (nSPS) is 19.3. The highest BCUT2D eigenvalue weighted by Crippen LogP contribution is 2.38. The first-order valence-corrected chi connectivity index (χ1v) is 10.3. The summed E-state index contributed by atoms with van der Waals surface area (Å²) in [6.45, 7) is 2.73. The maximum atomic E-state index is 13.3. The van der Waals surface area contributed by atoms with Crippen LogP contribution in [-0.2, 0) is 30.0 Å². The highest BCUT2D eigenvalue weighted by atomic mass is 16.3. The van der Waals surface area contributed by atoms with Crippen LogP contribution in [-0.4, -0.2) is 44.7 Å². The molecule has 0 fully saturated rings. The first kappa shape index (κ1) is 19.7. The molecule has 1 amide bonds. The summed E-state index contributed by atoms with van der Waals surface area (Å²) < 4.78 is 1.65. The molecule has 0 saturated heterocycles. The van der Waals surface area contributed by atoms with E-state index < -0.39 is 11.5 Å². The number of hydrogen-bond donors (Lipinski definition) is 3. The molecule has 2 aliphatic rings. The fourth-order valence-electron chi connectivity index (χ4n) is 4.70. The Hall–Kier alpha value is -3.23. The van der Waals surface area contributed by atoms with Crippen LogP contribution in [0.15, 0.2) is 29.1 Å². The number of phenolic OH excluding ortho intramolecular Hbond substituents is 1. The molecule has 0 saturated carbocycles. The van der Waals surface area contributed by atoms with Crippen LogP contribution >= 0.6 is 0 Å². The third-order valence-corrected chi connectivity index (χ3v) is 6.37. The number of nitrogens with one attached hydrogen (secondary N) is 1. The minimum atomic E-state index is -1.73. The zero-order valence-corrected chi connectivity index (χ0v) is 17.7. The van der Waals surface area contributed by atoms with Crippen LogP contribution in [0.3, 0.4) is 0 Å². The molecule has 31 heavy (non-hydrogen) atoms. The van der Waals surface area contributed by atoms with E-state index in [0.717, 1.165) is 22.0 Å². The molecule has 0 aliphatic carbocycles. The number of aromatic nitrogens is 2. The average Bonchev–Trinajstić information content (AvgIpc) is 3.10. The van der Waals surface area contributed by atoms with E-state index in [-0.39, 0.29) is 24.3 Å². The van der Waals surface area contributed by atoms with Crippen molar-refractivity contribution in [1.82, 2.24) is 19.8 Å². The molecule has 0 radical (unpaired) electrons. The molecule has 0 unspecified atom stereocenters. The number of aromatic hydroxyl groups is 1. The second kappa shape index (κ2) is 6.63. The van der Waals surface area contributed by atoms with Gasteiger partial charge in [-0.05, 0) is 44.8 Å². The molecule has 0 bridgehead atoms. The number of carbonyl (C=O) groups excluding carboxylic acids is 1. The minimum absolute atomic E-state index is 0.0994. The number of pyridine rings is 2. The number of amides is 1. The first-order chi connectivity index (χ1) is 14.7. The number of phenols is 1. The number of aliphatic hydroxyl groups is 1. The van der Waals surface area contributed by atoms with Gasteiger partial charge in [0, 0.05) is 40.7 Å². The second-order valence-electron chi connectivity index (χ2n) is 8.57. The zero-order chi connectivity index (χ0) is 22.1. The summed E-state index contributed by atoms with van der Waals surface area (Å²) in [5, 5.41) is 24.9. The maximum absolute atomic E-state index is 13.3. The standard InChI is InChI=1S/C23H24N4O4/c1-4-23(31)16-8-18-20-12(10-27(18)21(29)14(16)9-24-22(23)30)7-13-15(11-26(2)3)19(28)6-5-17(13)25-20/h5-8,28,31H,4,9-11H2,1-3H3,(H,24,30)/t23-/m0/s1. The van der Waals surface area contributed by atoms with Gasteiger partial charge in [0.05, 0.1) is 23.4 Å². The minimum Gasteiger partial charge on any atom is -0.508 e. The molecule has 2 aliphatic heterocycles. The van der Waals surface area contributed by atoms with Crippen LogP contribution in [0.5, 0.6) is 5.75 Å². The predicted molar refractivity (Wildman–Crippen MR) is 116 cm³/mol. The van der Waals surface area contributed by atoms with Crippen LogP contribution in [0.2, 0.25) is 0 Å². The Kier molecular flexibility index (Phi) is 4.22. The molecule has 5 rings (SSSR count). The molecule has 0 spiro atoms. The van der Waals surface area contributed by atoms with Gasteiger partial charge >= 0.3 is 0 Å². The van der Waals surface area contributed by atoms with Crippen molar-refractivity contribution in [1.29, 1.82) is 0 Å². The van der Waals surface area contributed by atoms with Crippen LogP contribution in [0, 0.1) is 0 Å². The topological polar surface area (TPSA) is 108 Å². The summed E-state index contributed by atoms with van der Waals surface area (Å²) in [5.41, 5.74) is 2.47. The van der Waals surface area contributed by atoms with E-state index in [0.29, 0.717) is 35.6 Å². The Balaban J connectivity index is 1.75. The van der Waals surface area contributed by atoms with Crippen LogP contribution in [0.4, 0.5) is 0 Å². The van der Waals surface area contributed by atoms with Crippen molar-refractivity contribution in [3.8, 4) is 17.1 Å². The fourth-order valence-corrected chi connectivity index (χ4v) is 4.70. The van der Waals surface area contributed by atoms with Gasteiger partial charge in [-0.15, -0.1) is 0 Å². The summed E-state index contributed by atoms with van der Waals surface area (Å²) in [5.74, 6) is -0.274. The van der Waals surface area contributed by atoms with Crippen molar-refractivity contribution in [2.75, 3.05) is 14.1 Å². The van der Waals surface area contributed by atoms with Crippen molar-refractivity contribution < 1.29 is 15.0 Å². The largest absolute Gasteiger partial charge is 0.508 e. The van der Waals surface area contributed by atoms with Crippen molar-refractivity contribution in [2.24, 2.45) is 0 Å². The van der Waals surface area contributed by atoms with Crippen molar-refractivity contribution in [3.63, 3.8) is 0 Å². The average molecular weight is 420 g/mol. The Morgan fingerprint density at radius 1 is 1.26 bits per heavy atom. The molecule has 3 N–H and O–H groups in total. The number of hydrogen-bond acceptors (Lipinski definition) is 6. The number of fused-ring (bicyclic) bond motifs is 5. The molecule has 2 aromatic heterocycles. The fraction of sp³-hybridized carbons (Fsp3) is 0.348. The van der Waals surface area contributed by atoms with Crippen LogP contribution in [0.1, 0.15) is 35.6 Å². The van der Waals surface area contributed by atoms with E-state index >= 15 is 0 Å². The first-order valence-electron chi connectivity index (χ1n) is 10.3. The van der Waals surface area contributed by atoms with Crippen molar-refractivity contribution >= 4 is 16.8 Å². The van der Waals surface area contributed by atoms with Gasteiger partial charge in [-0.2, -0.15) is 0 Å². The van der Waals surface area contributed by atoms with E-state index in [1.54, 1.807) is 29.7 Å². The van der Waals surface area contributed by atoms with Gasteiger partial charge in [0.2, 0.25) is 0 Å². The van der Waals surface area contributed by atoms with Gasteiger partial charge in [-0.1, -0.05) is 6.92 Å². The van der Waals surface area contributed by atoms with E-state index in [1.807, 2.05) is 25.1 Å². The monoisotopic (exact) mass is 420 g/mol. The van der Waals surface area contributed by atoms with E-state index in [2.05, 4.69) is 5.32 Å². The van der Waals surface area contributed by atoms with Crippen LogP contribution < -0.4 is 10.9 Å². The van der Waals surface area contributed by atoms with Gasteiger partial charge in [0.1, 0.15) is 5.75 Å². The second-order valence-corrected chi connectivity index (χ2v) is 8.57. The molecule has 1 atom stereocenters. The van der Waals surface area contributed by atoms with Crippen molar-refractivity contribution in [2.45, 2.75) is 38.6 Å². The quantitative estimate of drug-likeness (QED) is 0.463. The SMILES string of the molecule is CC[C@@]1(O)C(=O)NCc2c1cc1n(c2=O)Cc2cc3c(CN(C)C)c(O)ccc3nc2-1. The smallest absolute Gasteiger partial charge is 0.256 e. The molecule has 4 heterocycles. The number of carbonyl (C=O) groups is 1. The number of benzene rings is 1. The lowest BCUT2D eigenvalue weighted by Crippen LogP contribution is -2.50. The predicted octanol–water partition coefficient (Wildman–Crippen LogP) is 1.42.